The molecule has 0 amide bonds. The van der Waals surface area contributed by atoms with Crippen LogP contribution in [0.2, 0.25) is 0 Å². The summed E-state index contributed by atoms with van der Waals surface area (Å²) in [6.45, 7) is 0. The lowest BCUT2D eigenvalue weighted by molar-refractivity contribution is 1.28. The molecule has 83 valence electrons. The van der Waals surface area contributed by atoms with Gasteiger partial charge in [-0.3, -0.25) is 4.98 Å². The molecule has 1 radical (unpaired) electrons. The van der Waals surface area contributed by atoms with E-state index in [1.54, 1.807) is 12.4 Å². The predicted octanol–water partition coefficient (Wildman–Crippen LogP) is 2.97. The molecule has 3 nitrogen and oxygen atoms in total. The lowest BCUT2D eigenvalue weighted by atomic mass is 10.1. The molecule has 1 aromatic carbocycles. The standard InChI is InChI=1S/C15H8N3/c16-9-12-10-17-8-7-13(12)15-6-5-11-3-1-2-4-14(11)18-15/h2-8,10H. The number of pyridine rings is 2. The van der Waals surface area contributed by atoms with Crippen LogP contribution in [0.5, 0.6) is 0 Å². The van der Waals surface area contributed by atoms with Crippen LogP contribution >= 0.6 is 0 Å². The second-order valence-corrected chi connectivity index (χ2v) is 3.85. The van der Waals surface area contributed by atoms with Crippen LogP contribution in [-0.2, 0) is 0 Å². The van der Waals surface area contributed by atoms with E-state index in [1.807, 2.05) is 36.4 Å². The number of aromatic nitrogens is 2. The zero-order valence-corrected chi connectivity index (χ0v) is 9.46. The van der Waals surface area contributed by atoms with Crippen LogP contribution in [0.1, 0.15) is 5.56 Å². The van der Waals surface area contributed by atoms with Gasteiger partial charge in [-0.2, -0.15) is 5.26 Å². The number of rotatable bonds is 1. The lowest BCUT2D eigenvalue weighted by Gasteiger charge is -2.04. The number of benzene rings is 1. The quantitative estimate of drug-likeness (QED) is 0.645. The van der Waals surface area contributed by atoms with Gasteiger partial charge in [0, 0.05) is 23.3 Å². The summed E-state index contributed by atoms with van der Waals surface area (Å²) in [5, 5.41) is 10.1. The molecular weight excluding hydrogens is 222 g/mol. The van der Waals surface area contributed by atoms with Crippen LogP contribution in [0.15, 0.2) is 48.8 Å². The Morgan fingerprint density at radius 1 is 1.17 bits per heavy atom. The molecule has 3 aromatic rings. The molecule has 0 aliphatic rings. The van der Waals surface area contributed by atoms with Crippen molar-refractivity contribution in [3.63, 3.8) is 0 Å². The third kappa shape index (κ3) is 1.70. The van der Waals surface area contributed by atoms with Gasteiger partial charge in [-0.25, -0.2) is 4.98 Å². The highest BCUT2D eigenvalue weighted by atomic mass is 14.7. The highest BCUT2D eigenvalue weighted by Gasteiger charge is 2.06. The Morgan fingerprint density at radius 2 is 2.11 bits per heavy atom. The highest BCUT2D eigenvalue weighted by Crippen LogP contribution is 2.22. The Bertz CT molecular complexity index is 757. The highest BCUT2D eigenvalue weighted by molar-refractivity contribution is 5.82. The molecule has 0 saturated heterocycles. The summed E-state index contributed by atoms with van der Waals surface area (Å²) in [4.78, 5) is 8.50. The van der Waals surface area contributed by atoms with E-state index in [0.29, 0.717) is 5.56 Å². The van der Waals surface area contributed by atoms with Crippen LogP contribution < -0.4 is 0 Å². The third-order valence-corrected chi connectivity index (χ3v) is 2.75. The van der Waals surface area contributed by atoms with Gasteiger partial charge in [0.1, 0.15) is 6.07 Å². The van der Waals surface area contributed by atoms with Crippen molar-refractivity contribution >= 4 is 10.9 Å². The third-order valence-electron chi connectivity index (χ3n) is 2.75. The molecule has 0 aliphatic carbocycles. The zero-order chi connectivity index (χ0) is 12.4. The van der Waals surface area contributed by atoms with E-state index in [4.69, 9.17) is 5.26 Å². The molecule has 0 aliphatic heterocycles. The molecule has 3 heteroatoms. The fourth-order valence-electron chi connectivity index (χ4n) is 1.86. The molecular formula is C15H8N3. The molecule has 3 rings (SSSR count). The summed E-state index contributed by atoms with van der Waals surface area (Å²) < 4.78 is 0. The van der Waals surface area contributed by atoms with Crippen molar-refractivity contribution in [3.8, 4) is 17.3 Å². The summed E-state index contributed by atoms with van der Waals surface area (Å²) in [6.07, 6.45) is 3.22. The SMILES string of the molecule is N#Cc1cnccc1-c1ccc2c[c]ccc2n1. The Hall–Kier alpha value is -2.73. The normalized spacial score (nSPS) is 10.2. The predicted molar refractivity (Wildman–Crippen MR) is 68.5 cm³/mol. The molecule has 2 heterocycles. The van der Waals surface area contributed by atoms with Gasteiger partial charge < -0.3 is 0 Å². The van der Waals surface area contributed by atoms with Crippen LogP contribution in [0.25, 0.3) is 22.2 Å². The Kier molecular flexibility index (Phi) is 2.47. The van der Waals surface area contributed by atoms with Crippen LogP contribution in [0.3, 0.4) is 0 Å². The first kappa shape index (κ1) is 10.4. The van der Waals surface area contributed by atoms with E-state index in [2.05, 4.69) is 22.1 Å². The smallest absolute Gasteiger partial charge is 0.101 e. The van der Waals surface area contributed by atoms with E-state index in [9.17, 15) is 0 Å². The van der Waals surface area contributed by atoms with Crippen LogP contribution in [0.4, 0.5) is 0 Å². The summed E-state index contributed by atoms with van der Waals surface area (Å²) in [6, 6.07) is 16.5. The van der Waals surface area contributed by atoms with Gasteiger partial charge in [-0.1, -0.05) is 12.1 Å². The van der Waals surface area contributed by atoms with E-state index < -0.39 is 0 Å². The van der Waals surface area contributed by atoms with E-state index in [0.717, 1.165) is 22.2 Å². The number of hydrogen-bond acceptors (Lipinski definition) is 3. The van der Waals surface area contributed by atoms with Crippen molar-refractivity contribution < 1.29 is 0 Å². The van der Waals surface area contributed by atoms with Gasteiger partial charge in [-0.15, -0.1) is 0 Å². The van der Waals surface area contributed by atoms with Crippen molar-refractivity contribution in [2.45, 2.75) is 0 Å². The van der Waals surface area contributed by atoms with Gasteiger partial charge in [0.15, 0.2) is 0 Å². The molecule has 18 heavy (non-hydrogen) atoms. The summed E-state index contributed by atoms with van der Waals surface area (Å²) in [5.41, 5.74) is 3.02. The van der Waals surface area contributed by atoms with Gasteiger partial charge in [0.05, 0.1) is 16.8 Å². The first-order chi connectivity index (χ1) is 8.88. The number of nitrogens with zero attached hydrogens (tertiary/aromatic N) is 3. The molecule has 0 N–H and O–H groups in total. The molecule has 0 fully saturated rings. The van der Waals surface area contributed by atoms with Crippen molar-refractivity contribution in [1.29, 1.82) is 5.26 Å². The van der Waals surface area contributed by atoms with Gasteiger partial charge in [0.25, 0.3) is 0 Å². The minimum absolute atomic E-state index is 0.534. The average Bonchev–Trinajstić information content (AvgIpc) is 2.46. The number of fused-ring (bicyclic) bond motifs is 1. The fourth-order valence-corrected chi connectivity index (χ4v) is 1.86. The molecule has 0 atom stereocenters. The van der Waals surface area contributed by atoms with E-state index in [1.165, 1.54) is 0 Å². The van der Waals surface area contributed by atoms with Gasteiger partial charge >= 0.3 is 0 Å². The van der Waals surface area contributed by atoms with E-state index in [-0.39, 0.29) is 0 Å². The summed E-state index contributed by atoms with van der Waals surface area (Å²) >= 11 is 0. The second kappa shape index (κ2) is 4.27. The average molecular weight is 230 g/mol. The molecule has 0 bridgehead atoms. The monoisotopic (exact) mass is 230 g/mol. The van der Waals surface area contributed by atoms with Crippen molar-refractivity contribution in [1.82, 2.24) is 9.97 Å². The molecule has 0 saturated carbocycles. The maximum Gasteiger partial charge on any atom is 0.101 e. The second-order valence-electron chi connectivity index (χ2n) is 3.85. The topological polar surface area (TPSA) is 49.6 Å². The minimum Gasteiger partial charge on any atom is -0.263 e. The van der Waals surface area contributed by atoms with Crippen molar-refractivity contribution in [2.24, 2.45) is 0 Å². The van der Waals surface area contributed by atoms with Gasteiger partial charge in [-0.05, 0) is 30.3 Å². The lowest BCUT2D eigenvalue weighted by Crippen LogP contribution is -1.89. The number of nitriles is 1. The largest absolute Gasteiger partial charge is 0.263 e. The molecule has 2 aromatic heterocycles. The Labute approximate surface area is 104 Å². The molecule has 0 spiro atoms. The zero-order valence-electron chi connectivity index (χ0n) is 9.46. The summed E-state index contributed by atoms with van der Waals surface area (Å²) in [7, 11) is 0. The van der Waals surface area contributed by atoms with Gasteiger partial charge in [0.2, 0.25) is 0 Å². The van der Waals surface area contributed by atoms with E-state index >= 15 is 0 Å². The maximum absolute atomic E-state index is 9.07. The first-order valence-corrected chi connectivity index (χ1v) is 5.50. The fraction of sp³-hybridized carbons (Fsp3) is 0. The Balaban J connectivity index is 2.23. The van der Waals surface area contributed by atoms with Crippen LogP contribution in [-0.4, -0.2) is 9.97 Å². The Morgan fingerprint density at radius 3 is 3.00 bits per heavy atom. The molecule has 0 unspecified atom stereocenters. The first-order valence-electron chi connectivity index (χ1n) is 5.50. The summed E-state index contributed by atoms with van der Waals surface area (Å²) in [5.74, 6) is 0. The maximum atomic E-state index is 9.07. The number of hydrogen-bond donors (Lipinski definition) is 0. The minimum atomic E-state index is 0.534. The van der Waals surface area contributed by atoms with Crippen molar-refractivity contribution in [2.75, 3.05) is 0 Å². The van der Waals surface area contributed by atoms with Crippen molar-refractivity contribution in [3.05, 3.63) is 60.4 Å². The van der Waals surface area contributed by atoms with Crippen LogP contribution in [0, 0.1) is 17.4 Å².